The fraction of sp³-hybridized carbons (Fsp3) is 0.273. The first kappa shape index (κ1) is 10.6. The van der Waals surface area contributed by atoms with Crippen LogP contribution in [0.4, 0.5) is 0 Å². The zero-order chi connectivity index (χ0) is 9.42. The summed E-state index contributed by atoms with van der Waals surface area (Å²) in [4.78, 5) is 0. The summed E-state index contributed by atoms with van der Waals surface area (Å²) >= 11 is 0. The van der Waals surface area contributed by atoms with E-state index in [-0.39, 0.29) is 19.2 Å². The highest BCUT2D eigenvalue weighted by molar-refractivity contribution is 5.83. The summed E-state index contributed by atoms with van der Waals surface area (Å²) in [5.74, 6) is 0.848. The number of nitrogens with two attached hydrogens (primary N) is 1. The fourth-order valence-electron chi connectivity index (χ4n) is 1.29. The molecule has 2 rings (SSSR count). The summed E-state index contributed by atoms with van der Waals surface area (Å²) in [6.45, 7) is 1.84. The zero-order valence-corrected chi connectivity index (χ0v) is 7.32. The number of para-hydroxylation sites is 1. The maximum Gasteiger partial charge on any atom is 0.175 e. The highest BCUT2D eigenvalue weighted by atomic mass is 16.4. The molecule has 76 valence electrons. The number of rotatable bonds is 1. The Balaban J connectivity index is 0.000000980. The molecule has 0 aliphatic rings. The average Bonchev–Trinajstić information content (AvgIpc) is 2.49. The Kier molecular flexibility index (Phi) is 2.81. The minimum absolute atomic E-state index is 0. The van der Waals surface area contributed by atoms with Gasteiger partial charge >= 0.3 is 0 Å². The molecule has 0 saturated carbocycles. The number of aromatic hydroxyl groups is 1. The number of phenolic OH excluding ortho intramolecular Hbond substituents is 1. The van der Waals surface area contributed by atoms with Crippen LogP contribution in [-0.2, 0) is 0 Å². The lowest BCUT2D eigenvalue weighted by atomic mass is 10.2. The van der Waals surface area contributed by atoms with Crippen molar-refractivity contribution in [3.8, 4) is 5.75 Å². The summed E-state index contributed by atoms with van der Waals surface area (Å²) in [6, 6.07) is 6.95. The molecule has 0 bridgehead atoms. The SMILES string of the molecule is C.CC(N)c1cc2cccc(O)c2o1. The van der Waals surface area contributed by atoms with Gasteiger partial charge in [0.2, 0.25) is 0 Å². The second-order valence-electron chi connectivity index (χ2n) is 3.13. The molecule has 0 fully saturated rings. The summed E-state index contributed by atoms with van der Waals surface area (Å²) < 4.78 is 5.39. The van der Waals surface area contributed by atoms with Gasteiger partial charge in [-0.3, -0.25) is 0 Å². The third-order valence-electron chi connectivity index (χ3n) is 1.99. The first-order chi connectivity index (χ1) is 6.18. The second-order valence-corrected chi connectivity index (χ2v) is 3.13. The van der Waals surface area contributed by atoms with E-state index in [2.05, 4.69) is 0 Å². The Hall–Kier alpha value is -1.48. The van der Waals surface area contributed by atoms with E-state index in [9.17, 15) is 5.11 Å². The predicted molar refractivity (Wildman–Crippen MR) is 57.2 cm³/mol. The predicted octanol–water partition coefficient (Wildman–Crippen LogP) is 2.79. The molecule has 0 radical (unpaired) electrons. The summed E-state index contributed by atoms with van der Waals surface area (Å²) in [6.07, 6.45) is 0. The van der Waals surface area contributed by atoms with Crippen molar-refractivity contribution < 1.29 is 9.52 Å². The van der Waals surface area contributed by atoms with Crippen LogP contribution >= 0.6 is 0 Å². The number of fused-ring (bicyclic) bond motifs is 1. The maximum atomic E-state index is 9.43. The van der Waals surface area contributed by atoms with Crippen LogP contribution in [-0.4, -0.2) is 5.11 Å². The highest BCUT2D eigenvalue weighted by Gasteiger charge is 2.09. The van der Waals surface area contributed by atoms with Crippen molar-refractivity contribution in [2.24, 2.45) is 5.73 Å². The molecule has 0 spiro atoms. The van der Waals surface area contributed by atoms with Crippen LogP contribution in [0.25, 0.3) is 11.0 Å². The van der Waals surface area contributed by atoms with E-state index < -0.39 is 0 Å². The molecule has 1 heterocycles. The molecule has 3 nitrogen and oxygen atoms in total. The highest BCUT2D eigenvalue weighted by Crippen LogP contribution is 2.29. The van der Waals surface area contributed by atoms with Crippen molar-refractivity contribution in [3.63, 3.8) is 0 Å². The molecule has 0 amide bonds. The third kappa shape index (κ3) is 1.59. The molecule has 1 atom stereocenters. The molecule has 14 heavy (non-hydrogen) atoms. The van der Waals surface area contributed by atoms with Crippen molar-refractivity contribution >= 4 is 11.0 Å². The minimum Gasteiger partial charge on any atom is -0.504 e. The summed E-state index contributed by atoms with van der Waals surface area (Å²) in [5.41, 5.74) is 6.16. The van der Waals surface area contributed by atoms with Gasteiger partial charge in [0.25, 0.3) is 0 Å². The largest absolute Gasteiger partial charge is 0.504 e. The van der Waals surface area contributed by atoms with Crippen LogP contribution in [0.3, 0.4) is 0 Å². The van der Waals surface area contributed by atoms with Crippen LogP contribution in [0, 0.1) is 0 Å². The van der Waals surface area contributed by atoms with Gasteiger partial charge in [0, 0.05) is 5.39 Å². The van der Waals surface area contributed by atoms with Gasteiger partial charge in [0.1, 0.15) is 5.76 Å². The lowest BCUT2D eigenvalue weighted by molar-refractivity contribution is 0.451. The monoisotopic (exact) mass is 193 g/mol. The zero-order valence-electron chi connectivity index (χ0n) is 7.32. The standard InChI is InChI=1S/C10H11NO2.CH4/c1-6(11)9-5-7-3-2-4-8(12)10(7)13-9;/h2-6,12H,11H2,1H3;1H4. The molecule has 0 aliphatic heterocycles. The van der Waals surface area contributed by atoms with Crippen LogP contribution in [0.5, 0.6) is 5.75 Å². The van der Waals surface area contributed by atoms with Crippen molar-refractivity contribution in [2.75, 3.05) is 0 Å². The molecule has 1 unspecified atom stereocenters. The molecule has 1 aromatic carbocycles. The lowest BCUT2D eigenvalue weighted by Crippen LogP contribution is -2.02. The number of hydrogen-bond donors (Lipinski definition) is 2. The van der Waals surface area contributed by atoms with Gasteiger partial charge in [-0.25, -0.2) is 0 Å². The van der Waals surface area contributed by atoms with Gasteiger partial charge < -0.3 is 15.3 Å². The van der Waals surface area contributed by atoms with E-state index in [1.807, 2.05) is 19.1 Å². The van der Waals surface area contributed by atoms with Crippen molar-refractivity contribution in [2.45, 2.75) is 20.4 Å². The topological polar surface area (TPSA) is 59.4 Å². The Morgan fingerprint density at radius 2 is 2.14 bits per heavy atom. The molecule has 1 aromatic heterocycles. The Morgan fingerprint density at radius 3 is 2.71 bits per heavy atom. The van der Waals surface area contributed by atoms with E-state index in [0.29, 0.717) is 11.3 Å². The van der Waals surface area contributed by atoms with E-state index in [4.69, 9.17) is 10.2 Å². The lowest BCUT2D eigenvalue weighted by Gasteiger charge is -1.96. The van der Waals surface area contributed by atoms with E-state index >= 15 is 0 Å². The average molecular weight is 193 g/mol. The molecule has 0 aliphatic carbocycles. The van der Waals surface area contributed by atoms with Crippen molar-refractivity contribution in [3.05, 3.63) is 30.0 Å². The maximum absolute atomic E-state index is 9.43. The molecule has 2 aromatic rings. The van der Waals surface area contributed by atoms with Gasteiger partial charge in [0.05, 0.1) is 6.04 Å². The van der Waals surface area contributed by atoms with Gasteiger partial charge in [-0.15, -0.1) is 0 Å². The molecule has 3 N–H and O–H groups in total. The van der Waals surface area contributed by atoms with Crippen molar-refractivity contribution in [1.82, 2.24) is 0 Å². The summed E-state index contributed by atoms with van der Waals surface area (Å²) in [7, 11) is 0. The van der Waals surface area contributed by atoms with Gasteiger partial charge in [-0.05, 0) is 19.1 Å². The smallest absolute Gasteiger partial charge is 0.175 e. The van der Waals surface area contributed by atoms with Crippen molar-refractivity contribution in [1.29, 1.82) is 0 Å². The first-order valence-corrected chi connectivity index (χ1v) is 4.15. The van der Waals surface area contributed by atoms with E-state index in [1.165, 1.54) is 0 Å². The summed E-state index contributed by atoms with van der Waals surface area (Å²) in [5, 5.41) is 10.3. The Labute approximate surface area is 83.1 Å². The van der Waals surface area contributed by atoms with Gasteiger partial charge in [0.15, 0.2) is 11.3 Å². The first-order valence-electron chi connectivity index (χ1n) is 4.15. The molecule has 0 saturated heterocycles. The van der Waals surface area contributed by atoms with Crippen LogP contribution in [0.15, 0.2) is 28.7 Å². The Morgan fingerprint density at radius 1 is 1.43 bits per heavy atom. The number of hydrogen-bond acceptors (Lipinski definition) is 3. The quantitative estimate of drug-likeness (QED) is 0.732. The Bertz CT molecular complexity index is 432. The molecular weight excluding hydrogens is 178 g/mol. The number of furan rings is 1. The second kappa shape index (κ2) is 3.72. The molecule has 3 heteroatoms. The van der Waals surface area contributed by atoms with E-state index in [1.54, 1.807) is 12.1 Å². The van der Waals surface area contributed by atoms with Gasteiger partial charge in [-0.1, -0.05) is 19.6 Å². The van der Waals surface area contributed by atoms with Crippen LogP contribution < -0.4 is 5.73 Å². The number of benzene rings is 1. The number of phenols is 1. The normalized spacial score (nSPS) is 12.4. The third-order valence-corrected chi connectivity index (χ3v) is 1.99. The minimum atomic E-state index is -0.146. The molecular formula is C11H15NO2. The van der Waals surface area contributed by atoms with Crippen LogP contribution in [0.1, 0.15) is 26.2 Å². The van der Waals surface area contributed by atoms with E-state index in [0.717, 1.165) is 5.39 Å². The van der Waals surface area contributed by atoms with Gasteiger partial charge in [-0.2, -0.15) is 0 Å². The van der Waals surface area contributed by atoms with Crippen LogP contribution in [0.2, 0.25) is 0 Å². The fourth-order valence-corrected chi connectivity index (χ4v) is 1.29.